The molecule has 6 atom stereocenters. The van der Waals surface area contributed by atoms with Gasteiger partial charge in [0.1, 0.15) is 0 Å². The Morgan fingerprint density at radius 2 is 1.25 bits per heavy atom. The first-order valence-corrected chi connectivity index (χ1v) is 13.4. The number of rotatable bonds is 12. The van der Waals surface area contributed by atoms with Gasteiger partial charge in [-0.2, -0.15) is 0 Å². The van der Waals surface area contributed by atoms with Crippen molar-refractivity contribution in [1.29, 1.82) is 0 Å². The normalized spacial score (nSPS) is 35.4. The number of unbranched alkanes of at least 4 members (excludes halogenated alkanes) is 7. The summed E-state index contributed by atoms with van der Waals surface area (Å²) < 4.78 is 6.33. The molecule has 0 aromatic rings. The van der Waals surface area contributed by atoms with Gasteiger partial charge in [0.2, 0.25) is 0 Å². The minimum atomic E-state index is 0.596. The summed E-state index contributed by atoms with van der Waals surface area (Å²) in [6.07, 6.45) is 26.7. The minimum absolute atomic E-state index is 0.596. The van der Waals surface area contributed by atoms with Crippen LogP contribution in [-0.4, -0.2) is 12.7 Å². The molecule has 28 heavy (non-hydrogen) atoms. The minimum Gasteiger partial charge on any atom is -0.378 e. The van der Waals surface area contributed by atoms with Crippen molar-refractivity contribution in [2.75, 3.05) is 6.61 Å². The first-order chi connectivity index (χ1) is 13.8. The highest BCUT2D eigenvalue weighted by Crippen LogP contribution is 2.53. The van der Waals surface area contributed by atoms with Crippen LogP contribution in [0.5, 0.6) is 0 Å². The molecular weight excluding hydrogens is 340 g/mol. The Morgan fingerprint density at radius 1 is 0.607 bits per heavy atom. The second-order valence-electron chi connectivity index (χ2n) is 10.7. The Morgan fingerprint density at radius 3 is 2.00 bits per heavy atom. The molecule has 4 unspecified atom stereocenters. The van der Waals surface area contributed by atoms with E-state index in [9.17, 15) is 0 Å². The second kappa shape index (κ2) is 12.6. The molecule has 0 amide bonds. The highest BCUT2D eigenvalue weighted by molar-refractivity contribution is 4.94. The van der Waals surface area contributed by atoms with Gasteiger partial charge >= 0.3 is 0 Å². The van der Waals surface area contributed by atoms with Gasteiger partial charge in [0.25, 0.3) is 0 Å². The Balaban J connectivity index is 1.34. The molecular formula is C27H50O. The van der Waals surface area contributed by atoms with Crippen molar-refractivity contribution in [1.82, 2.24) is 0 Å². The molecule has 0 saturated heterocycles. The van der Waals surface area contributed by atoms with Gasteiger partial charge in [0.05, 0.1) is 6.10 Å². The summed E-state index contributed by atoms with van der Waals surface area (Å²) in [5, 5.41) is 0. The van der Waals surface area contributed by atoms with Gasteiger partial charge in [-0.05, 0) is 81.0 Å². The average molecular weight is 391 g/mol. The quantitative estimate of drug-likeness (QED) is 0.303. The predicted molar refractivity (Wildman–Crippen MR) is 122 cm³/mol. The molecule has 3 fully saturated rings. The fourth-order valence-corrected chi connectivity index (χ4v) is 7.08. The molecule has 3 saturated carbocycles. The van der Waals surface area contributed by atoms with E-state index in [1.54, 1.807) is 25.7 Å². The molecule has 0 aromatic heterocycles. The first kappa shape index (κ1) is 22.6. The van der Waals surface area contributed by atoms with Gasteiger partial charge in [0.15, 0.2) is 0 Å². The third-order valence-electron chi connectivity index (χ3n) is 8.67. The molecule has 3 aliphatic carbocycles. The molecule has 0 aliphatic heterocycles. The van der Waals surface area contributed by atoms with E-state index in [2.05, 4.69) is 13.8 Å². The molecule has 164 valence electrons. The lowest BCUT2D eigenvalue weighted by Crippen LogP contribution is -2.42. The van der Waals surface area contributed by atoms with E-state index < -0.39 is 0 Å². The van der Waals surface area contributed by atoms with Crippen LogP contribution in [0.25, 0.3) is 0 Å². The van der Waals surface area contributed by atoms with Crippen LogP contribution in [0.4, 0.5) is 0 Å². The van der Waals surface area contributed by atoms with Crippen molar-refractivity contribution in [3.8, 4) is 0 Å². The van der Waals surface area contributed by atoms with Crippen LogP contribution in [0.15, 0.2) is 0 Å². The SMILES string of the molecule is CCCCCCCO[C@H]1CCC2C(CCC3C[C@@H](CCCCCC)CCC32)C1. The lowest BCUT2D eigenvalue weighted by Gasteiger charge is -2.50. The van der Waals surface area contributed by atoms with Crippen LogP contribution >= 0.6 is 0 Å². The number of fused-ring (bicyclic) bond motifs is 3. The molecule has 1 nitrogen and oxygen atoms in total. The molecule has 0 heterocycles. The van der Waals surface area contributed by atoms with E-state index in [0.717, 1.165) is 36.2 Å². The van der Waals surface area contributed by atoms with E-state index >= 15 is 0 Å². The summed E-state index contributed by atoms with van der Waals surface area (Å²) in [6.45, 7) is 5.65. The zero-order valence-electron chi connectivity index (χ0n) is 19.3. The van der Waals surface area contributed by atoms with Gasteiger partial charge in [-0.15, -0.1) is 0 Å². The monoisotopic (exact) mass is 390 g/mol. The van der Waals surface area contributed by atoms with Crippen molar-refractivity contribution < 1.29 is 4.74 Å². The lowest BCUT2D eigenvalue weighted by molar-refractivity contribution is -0.0539. The van der Waals surface area contributed by atoms with Crippen molar-refractivity contribution in [2.24, 2.45) is 29.6 Å². The summed E-state index contributed by atoms with van der Waals surface area (Å²) in [4.78, 5) is 0. The largest absolute Gasteiger partial charge is 0.378 e. The van der Waals surface area contributed by atoms with Crippen LogP contribution in [0.2, 0.25) is 0 Å². The predicted octanol–water partition coefficient (Wildman–Crippen LogP) is 8.56. The topological polar surface area (TPSA) is 9.23 Å². The van der Waals surface area contributed by atoms with Gasteiger partial charge in [-0.25, -0.2) is 0 Å². The van der Waals surface area contributed by atoms with Crippen molar-refractivity contribution >= 4 is 0 Å². The van der Waals surface area contributed by atoms with Crippen molar-refractivity contribution in [3.05, 3.63) is 0 Å². The summed E-state index contributed by atoms with van der Waals surface area (Å²) in [7, 11) is 0. The van der Waals surface area contributed by atoms with Crippen LogP contribution in [-0.2, 0) is 4.74 Å². The zero-order chi connectivity index (χ0) is 19.6. The fraction of sp³-hybridized carbons (Fsp3) is 1.00. The maximum absolute atomic E-state index is 6.33. The van der Waals surface area contributed by atoms with Gasteiger partial charge in [-0.3, -0.25) is 0 Å². The third kappa shape index (κ3) is 6.75. The van der Waals surface area contributed by atoms with Crippen molar-refractivity contribution in [3.63, 3.8) is 0 Å². The van der Waals surface area contributed by atoms with E-state index in [4.69, 9.17) is 4.74 Å². The van der Waals surface area contributed by atoms with E-state index in [0.29, 0.717) is 6.10 Å². The van der Waals surface area contributed by atoms with Crippen LogP contribution in [0, 0.1) is 29.6 Å². The van der Waals surface area contributed by atoms with Crippen molar-refractivity contribution in [2.45, 2.75) is 136 Å². The zero-order valence-corrected chi connectivity index (χ0v) is 19.3. The Hall–Kier alpha value is -0.0400. The standard InChI is InChI=1S/C27H50O/c1-3-5-7-9-11-19-28-25-16-18-27-24(21-25)15-14-23-20-22(13-17-26(23)27)12-10-8-6-4-2/h22-27H,3-21H2,1-2H3/t22-,23?,24?,25-,26?,27?/m0/s1. The molecule has 0 radical (unpaired) electrons. The van der Waals surface area contributed by atoms with Gasteiger partial charge in [0, 0.05) is 6.61 Å². The number of ether oxygens (including phenoxy) is 1. The summed E-state index contributed by atoms with van der Waals surface area (Å²) in [6, 6.07) is 0. The average Bonchev–Trinajstić information content (AvgIpc) is 2.73. The fourth-order valence-electron chi connectivity index (χ4n) is 7.08. The van der Waals surface area contributed by atoms with Crippen LogP contribution in [0.1, 0.15) is 129 Å². The molecule has 0 bridgehead atoms. The molecule has 1 heteroatoms. The van der Waals surface area contributed by atoms with Gasteiger partial charge < -0.3 is 4.74 Å². The summed E-state index contributed by atoms with van der Waals surface area (Å²) in [5.74, 6) is 5.30. The highest BCUT2D eigenvalue weighted by Gasteiger charge is 2.44. The molecule has 0 spiro atoms. The molecule has 0 aromatic carbocycles. The number of hydrogen-bond donors (Lipinski definition) is 0. The Bertz CT molecular complexity index is 405. The van der Waals surface area contributed by atoms with E-state index in [1.807, 2.05) is 0 Å². The van der Waals surface area contributed by atoms with Gasteiger partial charge in [-0.1, -0.05) is 78.1 Å². The third-order valence-corrected chi connectivity index (χ3v) is 8.67. The molecule has 0 N–H and O–H groups in total. The highest BCUT2D eigenvalue weighted by atomic mass is 16.5. The smallest absolute Gasteiger partial charge is 0.0578 e. The maximum atomic E-state index is 6.33. The second-order valence-corrected chi connectivity index (χ2v) is 10.7. The van der Waals surface area contributed by atoms with Crippen LogP contribution in [0.3, 0.4) is 0 Å². The summed E-state index contributed by atoms with van der Waals surface area (Å²) >= 11 is 0. The molecule has 3 rings (SSSR count). The maximum Gasteiger partial charge on any atom is 0.0578 e. The summed E-state index contributed by atoms with van der Waals surface area (Å²) in [5.41, 5.74) is 0. The molecule has 3 aliphatic rings. The van der Waals surface area contributed by atoms with E-state index in [-0.39, 0.29) is 0 Å². The Labute approximate surface area is 176 Å². The Kier molecular flexibility index (Phi) is 10.2. The first-order valence-electron chi connectivity index (χ1n) is 13.4. The van der Waals surface area contributed by atoms with Crippen LogP contribution < -0.4 is 0 Å². The van der Waals surface area contributed by atoms with E-state index in [1.165, 1.54) is 89.9 Å². The lowest BCUT2D eigenvalue weighted by atomic mass is 9.56. The number of hydrogen-bond acceptors (Lipinski definition) is 1.